The van der Waals surface area contributed by atoms with Crippen molar-refractivity contribution in [2.75, 3.05) is 6.54 Å². The molecule has 2 heteroatoms. The van der Waals surface area contributed by atoms with Crippen LogP contribution >= 0.6 is 0 Å². The Morgan fingerprint density at radius 2 is 1.56 bits per heavy atom. The first-order valence-electron chi connectivity index (χ1n) is 7.76. The van der Waals surface area contributed by atoms with Gasteiger partial charge in [-0.1, -0.05) is 34.1 Å². The van der Waals surface area contributed by atoms with Crippen molar-refractivity contribution in [2.45, 2.75) is 84.8 Å². The van der Waals surface area contributed by atoms with Crippen LogP contribution in [-0.4, -0.2) is 23.3 Å². The summed E-state index contributed by atoms with van der Waals surface area (Å²) in [6, 6.07) is 0.618. The molecule has 2 nitrogen and oxygen atoms in total. The highest BCUT2D eigenvalue weighted by atomic mass is 16.3. The van der Waals surface area contributed by atoms with Crippen LogP contribution in [0, 0.1) is 11.3 Å². The second-order valence-electron chi connectivity index (χ2n) is 7.12. The third-order valence-electron chi connectivity index (χ3n) is 5.28. The van der Waals surface area contributed by atoms with Gasteiger partial charge >= 0.3 is 0 Å². The molecule has 0 spiro atoms. The first kappa shape index (κ1) is 16.0. The minimum Gasteiger partial charge on any atom is -0.389 e. The molecule has 0 bridgehead atoms. The molecule has 0 aliphatic heterocycles. The smallest absolute Gasteiger partial charge is 0.0741 e. The normalized spacial score (nSPS) is 29.0. The van der Waals surface area contributed by atoms with E-state index < -0.39 is 5.60 Å². The van der Waals surface area contributed by atoms with Gasteiger partial charge in [-0.2, -0.15) is 0 Å². The third-order valence-corrected chi connectivity index (χ3v) is 5.28. The first-order valence-corrected chi connectivity index (χ1v) is 7.76. The Balaban J connectivity index is 2.32. The van der Waals surface area contributed by atoms with Gasteiger partial charge in [0.15, 0.2) is 0 Å². The number of nitrogens with one attached hydrogen (secondary N) is 1. The van der Waals surface area contributed by atoms with Crippen LogP contribution in [0.15, 0.2) is 0 Å². The van der Waals surface area contributed by atoms with Crippen molar-refractivity contribution in [2.24, 2.45) is 11.3 Å². The molecule has 18 heavy (non-hydrogen) atoms. The van der Waals surface area contributed by atoms with Gasteiger partial charge in [0.2, 0.25) is 0 Å². The van der Waals surface area contributed by atoms with Crippen LogP contribution in [0.5, 0.6) is 0 Å². The van der Waals surface area contributed by atoms with Crippen molar-refractivity contribution in [3.05, 3.63) is 0 Å². The van der Waals surface area contributed by atoms with Crippen molar-refractivity contribution < 1.29 is 5.11 Å². The maximum absolute atomic E-state index is 10.0. The molecule has 0 aromatic rings. The van der Waals surface area contributed by atoms with Crippen LogP contribution in [0.1, 0.15) is 73.1 Å². The van der Waals surface area contributed by atoms with E-state index >= 15 is 0 Å². The fourth-order valence-electron chi connectivity index (χ4n) is 2.86. The minimum absolute atomic E-state index is 0.500. The topological polar surface area (TPSA) is 32.3 Å². The van der Waals surface area contributed by atoms with Crippen molar-refractivity contribution in [3.8, 4) is 0 Å². The van der Waals surface area contributed by atoms with E-state index in [2.05, 4.69) is 26.1 Å². The molecule has 1 aliphatic carbocycles. The lowest BCUT2D eigenvalue weighted by Gasteiger charge is -2.39. The standard InChI is InChI=1S/C16H33NO/c1-6-15(3,4)13-8-10-14(11-9-13)17-12-16(5,18)7-2/h13-14,17-18H,6-12H2,1-5H3. The largest absolute Gasteiger partial charge is 0.389 e. The van der Waals surface area contributed by atoms with Gasteiger partial charge in [-0.3, -0.25) is 0 Å². The summed E-state index contributed by atoms with van der Waals surface area (Å²) in [6.07, 6.45) is 7.32. The number of aliphatic hydroxyl groups is 1. The number of hydrogen-bond donors (Lipinski definition) is 2. The average molecular weight is 255 g/mol. The molecule has 0 radical (unpaired) electrons. The van der Waals surface area contributed by atoms with E-state index in [9.17, 15) is 5.11 Å². The quantitative estimate of drug-likeness (QED) is 0.758. The lowest BCUT2D eigenvalue weighted by molar-refractivity contribution is 0.0481. The molecule has 1 unspecified atom stereocenters. The number of hydrogen-bond acceptors (Lipinski definition) is 2. The maximum Gasteiger partial charge on any atom is 0.0741 e. The van der Waals surface area contributed by atoms with Crippen LogP contribution in [0.3, 0.4) is 0 Å². The summed E-state index contributed by atoms with van der Waals surface area (Å²) in [5.74, 6) is 0.882. The van der Waals surface area contributed by atoms with E-state index in [-0.39, 0.29) is 0 Å². The molecular formula is C16H33NO. The highest BCUT2D eigenvalue weighted by molar-refractivity contribution is 4.86. The summed E-state index contributed by atoms with van der Waals surface area (Å²) >= 11 is 0. The maximum atomic E-state index is 10.0. The Morgan fingerprint density at radius 3 is 2.00 bits per heavy atom. The Bertz CT molecular complexity index is 239. The summed E-state index contributed by atoms with van der Waals surface area (Å²) in [6.45, 7) is 11.8. The van der Waals surface area contributed by atoms with E-state index in [1.54, 1.807) is 0 Å². The van der Waals surface area contributed by atoms with Gasteiger partial charge < -0.3 is 10.4 Å². The van der Waals surface area contributed by atoms with Crippen molar-refractivity contribution in [1.29, 1.82) is 0 Å². The first-order chi connectivity index (χ1) is 8.30. The van der Waals surface area contributed by atoms with Crippen LogP contribution in [0.25, 0.3) is 0 Å². The second kappa shape index (κ2) is 6.38. The van der Waals surface area contributed by atoms with Crippen molar-refractivity contribution in [3.63, 3.8) is 0 Å². The summed E-state index contributed by atoms with van der Waals surface area (Å²) in [7, 11) is 0. The molecule has 1 atom stereocenters. The summed E-state index contributed by atoms with van der Waals surface area (Å²) in [4.78, 5) is 0. The zero-order valence-corrected chi connectivity index (χ0v) is 13.1. The van der Waals surface area contributed by atoms with Crippen LogP contribution < -0.4 is 5.32 Å². The Morgan fingerprint density at radius 1 is 1.00 bits per heavy atom. The molecule has 0 heterocycles. The van der Waals surface area contributed by atoms with Gasteiger partial charge in [-0.25, -0.2) is 0 Å². The summed E-state index contributed by atoms with van der Waals surface area (Å²) < 4.78 is 0. The van der Waals surface area contributed by atoms with Crippen LogP contribution in [-0.2, 0) is 0 Å². The van der Waals surface area contributed by atoms with E-state index in [1.807, 2.05) is 13.8 Å². The zero-order chi connectivity index (χ0) is 13.8. The molecule has 0 amide bonds. The van der Waals surface area contributed by atoms with Crippen molar-refractivity contribution >= 4 is 0 Å². The van der Waals surface area contributed by atoms with Gasteiger partial charge in [-0.15, -0.1) is 0 Å². The highest BCUT2D eigenvalue weighted by Gasteiger charge is 2.32. The van der Waals surface area contributed by atoms with Crippen LogP contribution in [0.4, 0.5) is 0 Å². The lowest BCUT2D eigenvalue weighted by Crippen LogP contribution is -2.44. The molecule has 1 fully saturated rings. The van der Waals surface area contributed by atoms with Gasteiger partial charge in [0.05, 0.1) is 5.60 Å². The number of rotatable bonds is 6. The molecule has 1 saturated carbocycles. The predicted molar refractivity (Wildman–Crippen MR) is 78.7 cm³/mol. The molecular weight excluding hydrogens is 222 g/mol. The highest BCUT2D eigenvalue weighted by Crippen LogP contribution is 2.40. The Hall–Kier alpha value is -0.0800. The van der Waals surface area contributed by atoms with Gasteiger partial charge in [0, 0.05) is 12.6 Å². The van der Waals surface area contributed by atoms with E-state index in [4.69, 9.17) is 0 Å². The average Bonchev–Trinajstić information content (AvgIpc) is 2.37. The molecule has 0 aromatic carbocycles. The monoisotopic (exact) mass is 255 g/mol. The third kappa shape index (κ3) is 4.55. The van der Waals surface area contributed by atoms with Gasteiger partial charge in [0.25, 0.3) is 0 Å². The van der Waals surface area contributed by atoms with E-state index in [0.717, 1.165) is 18.9 Å². The summed E-state index contributed by atoms with van der Waals surface area (Å²) in [5.41, 5.74) is -0.0422. The molecule has 0 saturated heterocycles. The van der Waals surface area contributed by atoms with Crippen LogP contribution in [0.2, 0.25) is 0 Å². The van der Waals surface area contributed by atoms with E-state index in [0.29, 0.717) is 11.5 Å². The molecule has 0 aromatic heterocycles. The Labute approximate surface area is 114 Å². The fraction of sp³-hybridized carbons (Fsp3) is 1.00. The minimum atomic E-state index is -0.542. The lowest BCUT2D eigenvalue weighted by atomic mass is 9.69. The fourth-order valence-corrected chi connectivity index (χ4v) is 2.86. The summed E-state index contributed by atoms with van der Waals surface area (Å²) in [5, 5.41) is 13.6. The van der Waals surface area contributed by atoms with E-state index in [1.165, 1.54) is 32.1 Å². The molecule has 1 rings (SSSR count). The van der Waals surface area contributed by atoms with Crippen molar-refractivity contribution in [1.82, 2.24) is 5.32 Å². The molecule has 1 aliphatic rings. The zero-order valence-electron chi connectivity index (χ0n) is 13.1. The second-order valence-corrected chi connectivity index (χ2v) is 7.12. The van der Waals surface area contributed by atoms with Gasteiger partial charge in [-0.05, 0) is 50.4 Å². The predicted octanol–water partition coefficient (Wildman–Crippen LogP) is 3.73. The van der Waals surface area contributed by atoms with Gasteiger partial charge in [0.1, 0.15) is 0 Å². The molecule has 2 N–H and O–H groups in total. The Kier molecular flexibility index (Phi) is 5.67. The SMILES string of the molecule is CCC(C)(O)CNC1CCC(C(C)(C)CC)CC1. The molecule has 108 valence electrons.